The van der Waals surface area contributed by atoms with E-state index in [0.717, 1.165) is 55.9 Å². The van der Waals surface area contributed by atoms with Gasteiger partial charge in [-0.05, 0) is 59.1 Å². The molecule has 0 saturated carbocycles. The molecule has 0 heterocycles. The Morgan fingerprint density at radius 3 is 1.44 bits per heavy atom. The number of benzene rings is 2. The van der Waals surface area contributed by atoms with Gasteiger partial charge in [-0.25, -0.2) is 4.57 Å². The Balaban J connectivity index is 1.91. The molecule has 0 N–H and O–H groups in total. The van der Waals surface area contributed by atoms with Crippen LogP contribution in [0.4, 0.5) is 0 Å². The summed E-state index contributed by atoms with van der Waals surface area (Å²) >= 11 is 0. The predicted molar refractivity (Wildman–Crippen MR) is 167 cm³/mol. The lowest BCUT2D eigenvalue weighted by atomic mass is 9.87. The van der Waals surface area contributed by atoms with Crippen molar-refractivity contribution in [3.63, 3.8) is 0 Å². The zero-order chi connectivity index (χ0) is 30.4. The van der Waals surface area contributed by atoms with Crippen LogP contribution < -0.4 is 9.05 Å². The summed E-state index contributed by atoms with van der Waals surface area (Å²) in [7, 11) is -3.91. The normalized spacial score (nSPS) is 12.1. The largest absolute Gasteiger partial charge is 0.465 e. The highest BCUT2D eigenvalue weighted by Crippen LogP contribution is 2.49. The summed E-state index contributed by atoms with van der Waals surface area (Å²) in [6.45, 7) is 13.0. The Kier molecular flexibility index (Phi) is 14.1. The van der Waals surface area contributed by atoms with Crippen molar-refractivity contribution in [1.29, 1.82) is 0 Å². The van der Waals surface area contributed by atoms with Gasteiger partial charge in [0.15, 0.2) is 6.16 Å². The van der Waals surface area contributed by atoms with Crippen LogP contribution in [0.3, 0.4) is 0 Å². The van der Waals surface area contributed by atoms with E-state index in [4.69, 9.17) is 13.8 Å². The van der Waals surface area contributed by atoms with Crippen molar-refractivity contribution >= 4 is 19.9 Å². The van der Waals surface area contributed by atoms with Gasteiger partial charge in [0.2, 0.25) is 0 Å². The minimum Gasteiger partial charge on any atom is -0.465 e. The molecule has 0 fully saturated rings. The van der Waals surface area contributed by atoms with Crippen molar-refractivity contribution in [2.75, 3.05) is 12.8 Å². The lowest BCUT2D eigenvalue weighted by molar-refractivity contribution is -0.140. The minimum atomic E-state index is -3.91. The molecule has 7 heteroatoms. The van der Waals surface area contributed by atoms with Gasteiger partial charge in [0.25, 0.3) is 0 Å². The Labute approximate surface area is 248 Å². The first kappa shape index (κ1) is 34.6. The third-order valence-electron chi connectivity index (χ3n) is 6.98. The van der Waals surface area contributed by atoms with E-state index in [0.29, 0.717) is 17.9 Å². The number of aldehydes is 1. The highest BCUT2D eigenvalue weighted by molar-refractivity contribution is 7.55. The first-order chi connectivity index (χ1) is 19.3. The fraction of sp³-hybridized carbons (Fsp3) is 0.588. The summed E-state index contributed by atoms with van der Waals surface area (Å²) in [5.74, 6) is 0.162. The van der Waals surface area contributed by atoms with Crippen molar-refractivity contribution in [2.45, 2.75) is 117 Å². The number of carbonyl (C=O) groups is 2. The average Bonchev–Trinajstić information content (AvgIpc) is 2.88. The van der Waals surface area contributed by atoms with Gasteiger partial charge >= 0.3 is 13.6 Å². The second-order valence-corrected chi connectivity index (χ2v) is 14.8. The Bertz CT molecular complexity index is 1030. The van der Waals surface area contributed by atoms with Crippen LogP contribution in [0.25, 0.3) is 0 Å². The van der Waals surface area contributed by atoms with Gasteiger partial charge in [0, 0.05) is 6.42 Å². The van der Waals surface area contributed by atoms with Crippen molar-refractivity contribution in [3.05, 3.63) is 59.7 Å². The topological polar surface area (TPSA) is 78.9 Å². The van der Waals surface area contributed by atoms with Crippen LogP contribution in [0.1, 0.15) is 117 Å². The maximum Gasteiger partial charge on any atom is 0.441 e. The van der Waals surface area contributed by atoms with Crippen LogP contribution in [-0.4, -0.2) is 25.0 Å². The van der Waals surface area contributed by atoms with Gasteiger partial charge in [0.1, 0.15) is 17.8 Å². The van der Waals surface area contributed by atoms with Crippen LogP contribution in [0.15, 0.2) is 48.5 Å². The molecule has 2 aromatic carbocycles. The maximum atomic E-state index is 13.9. The predicted octanol–water partition coefficient (Wildman–Crippen LogP) is 9.58. The molecule has 41 heavy (non-hydrogen) atoms. The van der Waals surface area contributed by atoms with E-state index in [-0.39, 0.29) is 17.4 Å². The standard InChI is InChI=1S/C34H51O6P/c1-33(2,3)28-17-21-30(22-18-28)39-41(37,40-31-23-19-29(20-24-31)34(4,5)6)27-32(36)38-26-16-14-12-10-8-7-9-11-13-15-25-35/h17-25H,7-16,26-27H2,1-6H3. The van der Waals surface area contributed by atoms with Gasteiger partial charge in [-0.3, -0.25) is 4.79 Å². The van der Waals surface area contributed by atoms with Crippen LogP contribution in [-0.2, 0) is 29.7 Å². The SMILES string of the molecule is CC(C)(C)c1ccc(OP(=O)(CC(=O)OCCCCCCCCCCCC=O)Oc2ccc(C(C)(C)C)cc2)cc1. The van der Waals surface area contributed by atoms with E-state index in [2.05, 4.69) is 41.5 Å². The fourth-order valence-corrected chi connectivity index (χ4v) is 5.85. The Hall–Kier alpha value is -2.59. The molecule has 0 aliphatic rings. The number of hydrogen-bond donors (Lipinski definition) is 0. The average molecular weight is 587 g/mol. The van der Waals surface area contributed by atoms with Gasteiger partial charge in [-0.2, -0.15) is 0 Å². The molecule has 0 aromatic heterocycles. The summed E-state index contributed by atoms with van der Waals surface area (Å²) < 4.78 is 31.0. The van der Waals surface area contributed by atoms with E-state index in [1.165, 1.54) is 19.3 Å². The number of rotatable bonds is 18. The minimum absolute atomic E-state index is 0.0327. The van der Waals surface area contributed by atoms with E-state index in [9.17, 15) is 14.2 Å². The molecule has 0 bridgehead atoms. The maximum absolute atomic E-state index is 13.9. The van der Waals surface area contributed by atoms with Gasteiger partial charge < -0.3 is 18.6 Å². The lowest BCUT2D eigenvalue weighted by Gasteiger charge is -2.22. The smallest absolute Gasteiger partial charge is 0.441 e. The van der Waals surface area contributed by atoms with Crippen LogP contribution in [0.2, 0.25) is 0 Å². The monoisotopic (exact) mass is 586 g/mol. The molecule has 0 aliphatic heterocycles. The van der Waals surface area contributed by atoms with Crippen molar-refractivity contribution in [2.24, 2.45) is 0 Å². The Morgan fingerprint density at radius 2 is 1.05 bits per heavy atom. The third-order valence-corrected chi connectivity index (χ3v) is 8.61. The van der Waals surface area contributed by atoms with Crippen molar-refractivity contribution in [3.8, 4) is 11.5 Å². The fourth-order valence-electron chi connectivity index (χ4n) is 4.39. The molecular formula is C34H51O6P. The molecule has 0 amide bonds. The molecule has 2 rings (SSSR count). The number of hydrogen-bond acceptors (Lipinski definition) is 6. The van der Waals surface area contributed by atoms with Crippen LogP contribution >= 0.6 is 7.60 Å². The van der Waals surface area contributed by atoms with E-state index >= 15 is 0 Å². The summed E-state index contributed by atoms with van der Waals surface area (Å²) in [6, 6.07) is 14.8. The Morgan fingerprint density at radius 1 is 0.659 bits per heavy atom. The molecule has 228 valence electrons. The zero-order valence-corrected chi connectivity index (χ0v) is 27.0. The summed E-state index contributed by atoms with van der Waals surface area (Å²) in [5.41, 5.74) is 2.17. The highest BCUT2D eigenvalue weighted by atomic mass is 31.2. The molecule has 0 spiro atoms. The molecular weight excluding hydrogens is 535 g/mol. The van der Waals surface area contributed by atoms with Gasteiger partial charge in [-0.15, -0.1) is 0 Å². The summed E-state index contributed by atoms with van der Waals surface area (Å²) in [4.78, 5) is 23.1. The molecule has 0 atom stereocenters. The molecule has 0 aliphatic carbocycles. The number of carbonyl (C=O) groups excluding carboxylic acids is 2. The third kappa shape index (κ3) is 13.7. The lowest BCUT2D eigenvalue weighted by Crippen LogP contribution is -2.17. The van der Waals surface area contributed by atoms with E-state index in [1.807, 2.05) is 24.3 Å². The molecule has 0 unspecified atom stereocenters. The summed E-state index contributed by atoms with van der Waals surface area (Å²) in [5, 5.41) is 0. The number of ether oxygens (including phenoxy) is 1. The molecule has 0 radical (unpaired) electrons. The second kappa shape index (κ2) is 16.8. The molecule has 0 saturated heterocycles. The first-order valence-electron chi connectivity index (χ1n) is 15.1. The second-order valence-electron chi connectivity index (χ2n) is 12.9. The van der Waals surface area contributed by atoms with Crippen molar-refractivity contribution < 1.29 is 27.9 Å². The zero-order valence-electron chi connectivity index (χ0n) is 26.1. The van der Waals surface area contributed by atoms with E-state index < -0.39 is 19.7 Å². The first-order valence-corrected chi connectivity index (χ1v) is 16.8. The quantitative estimate of drug-likeness (QED) is 0.0749. The van der Waals surface area contributed by atoms with Gasteiger partial charge in [-0.1, -0.05) is 111 Å². The molecule has 6 nitrogen and oxygen atoms in total. The van der Waals surface area contributed by atoms with E-state index in [1.54, 1.807) is 24.3 Å². The number of esters is 1. The summed E-state index contributed by atoms with van der Waals surface area (Å²) in [6.07, 6.45) is 10.8. The van der Waals surface area contributed by atoms with Crippen molar-refractivity contribution in [1.82, 2.24) is 0 Å². The number of unbranched alkanes of at least 4 members (excludes halogenated alkanes) is 9. The highest BCUT2D eigenvalue weighted by Gasteiger charge is 2.33. The van der Waals surface area contributed by atoms with Crippen LogP contribution in [0, 0.1) is 0 Å². The van der Waals surface area contributed by atoms with Gasteiger partial charge in [0.05, 0.1) is 6.61 Å². The van der Waals surface area contributed by atoms with Crippen LogP contribution in [0.5, 0.6) is 11.5 Å². The molecule has 2 aromatic rings.